The highest BCUT2D eigenvalue weighted by Gasteiger charge is 2.25. The molecule has 3 N–H and O–H groups in total. The van der Waals surface area contributed by atoms with Gasteiger partial charge in [-0.1, -0.05) is 6.42 Å². The van der Waals surface area contributed by atoms with Crippen LogP contribution in [0.5, 0.6) is 11.5 Å². The third-order valence-electron chi connectivity index (χ3n) is 6.81. The number of nitrogens with two attached hydrogens (primary N) is 1. The van der Waals surface area contributed by atoms with Gasteiger partial charge in [-0.05, 0) is 86.8 Å². The number of rotatable bonds is 8. The van der Waals surface area contributed by atoms with Crippen LogP contribution in [0.3, 0.4) is 0 Å². The predicted molar refractivity (Wildman–Crippen MR) is 138 cm³/mol. The average molecular weight is 504 g/mol. The highest BCUT2D eigenvalue weighted by Crippen LogP contribution is 2.31. The van der Waals surface area contributed by atoms with Crippen molar-refractivity contribution >= 4 is 17.5 Å². The van der Waals surface area contributed by atoms with Crippen LogP contribution in [0.1, 0.15) is 54.6 Å². The van der Waals surface area contributed by atoms with Gasteiger partial charge in [0.05, 0.1) is 6.04 Å². The number of primary amides is 1. The van der Waals surface area contributed by atoms with Crippen molar-refractivity contribution in [2.75, 3.05) is 18.4 Å². The highest BCUT2D eigenvalue weighted by atomic mass is 19.1. The van der Waals surface area contributed by atoms with Gasteiger partial charge in [0.15, 0.2) is 11.6 Å². The molecule has 1 saturated carbocycles. The van der Waals surface area contributed by atoms with E-state index in [0.29, 0.717) is 36.1 Å². The first-order chi connectivity index (χ1) is 17.9. The molecule has 0 unspecified atom stereocenters. The summed E-state index contributed by atoms with van der Waals surface area (Å²) in [6.45, 7) is 2.63. The molecule has 2 aliphatic rings. The Morgan fingerprint density at radius 2 is 1.78 bits per heavy atom. The standard InChI is InChI=1S/C28H30FN5O3/c29-19-7-9-20(10-8-19)37-21-11-12-22(18(15-21)17-34-13-2-1-3-14-34)28-32-24(27(30)36)16-26(33-28)31-23-5-4-6-25(23)35/h7-12,15-16,23H,1-6,13-14,17H2,(H2,30,36)(H,31,32,33)/t23-/m0/s1. The lowest BCUT2D eigenvalue weighted by Crippen LogP contribution is -2.29. The Morgan fingerprint density at radius 1 is 1.03 bits per heavy atom. The number of amides is 1. The van der Waals surface area contributed by atoms with E-state index < -0.39 is 5.91 Å². The molecule has 37 heavy (non-hydrogen) atoms. The Labute approximate surface area is 215 Å². The van der Waals surface area contributed by atoms with Crippen LogP contribution in [0.25, 0.3) is 11.4 Å². The molecular weight excluding hydrogens is 473 g/mol. The van der Waals surface area contributed by atoms with E-state index in [-0.39, 0.29) is 23.3 Å². The van der Waals surface area contributed by atoms with E-state index in [1.54, 1.807) is 18.2 Å². The van der Waals surface area contributed by atoms with Gasteiger partial charge < -0.3 is 15.8 Å². The van der Waals surface area contributed by atoms with E-state index in [1.165, 1.54) is 24.6 Å². The van der Waals surface area contributed by atoms with E-state index in [1.807, 2.05) is 12.1 Å². The molecule has 192 valence electrons. The second-order valence-electron chi connectivity index (χ2n) is 9.59. The molecule has 0 spiro atoms. The van der Waals surface area contributed by atoms with Crippen LogP contribution in [-0.2, 0) is 11.3 Å². The second-order valence-corrected chi connectivity index (χ2v) is 9.59. The summed E-state index contributed by atoms with van der Waals surface area (Å²) in [5, 5.41) is 3.17. The Bertz CT molecular complexity index is 1290. The van der Waals surface area contributed by atoms with Gasteiger partial charge in [-0.25, -0.2) is 14.4 Å². The van der Waals surface area contributed by atoms with E-state index >= 15 is 0 Å². The number of piperidine rings is 1. The van der Waals surface area contributed by atoms with Gasteiger partial charge in [0, 0.05) is 24.6 Å². The largest absolute Gasteiger partial charge is 0.457 e. The quantitative estimate of drug-likeness (QED) is 0.459. The van der Waals surface area contributed by atoms with Gasteiger partial charge in [0.25, 0.3) is 5.91 Å². The van der Waals surface area contributed by atoms with Crippen molar-refractivity contribution in [2.45, 2.75) is 51.1 Å². The molecule has 8 nitrogen and oxygen atoms in total. The summed E-state index contributed by atoms with van der Waals surface area (Å²) in [5.41, 5.74) is 7.36. The molecule has 5 rings (SSSR count). The molecule has 1 amide bonds. The molecule has 2 aromatic carbocycles. The van der Waals surface area contributed by atoms with Crippen LogP contribution >= 0.6 is 0 Å². The van der Waals surface area contributed by atoms with Gasteiger partial charge in [-0.15, -0.1) is 0 Å². The summed E-state index contributed by atoms with van der Waals surface area (Å²) in [5.74, 6) is 1.01. The molecule has 1 aliphatic heterocycles. The number of carbonyl (C=O) groups excluding carboxylic acids is 2. The van der Waals surface area contributed by atoms with Gasteiger partial charge in [0.1, 0.15) is 28.8 Å². The van der Waals surface area contributed by atoms with Gasteiger partial charge in [0.2, 0.25) is 0 Å². The molecule has 0 radical (unpaired) electrons. The summed E-state index contributed by atoms with van der Waals surface area (Å²) in [4.78, 5) is 35.8. The summed E-state index contributed by atoms with van der Waals surface area (Å²) in [6.07, 6.45) is 5.58. The van der Waals surface area contributed by atoms with Gasteiger partial charge in [-0.2, -0.15) is 0 Å². The zero-order chi connectivity index (χ0) is 25.8. The molecule has 2 fully saturated rings. The number of nitrogens with one attached hydrogen (secondary N) is 1. The molecule has 9 heteroatoms. The highest BCUT2D eigenvalue weighted by molar-refractivity contribution is 5.93. The van der Waals surface area contributed by atoms with Crippen molar-refractivity contribution in [2.24, 2.45) is 5.73 Å². The van der Waals surface area contributed by atoms with E-state index in [2.05, 4.69) is 20.2 Å². The first-order valence-electron chi connectivity index (χ1n) is 12.7. The summed E-state index contributed by atoms with van der Waals surface area (Å²) in [6, 6.07) is 12.6. The third kappa shape index (κ3) is 6.11. The first kappa shape index (κ1) is 24.8. The molecular formula is C28H30FN5O3. The number of hydrogen-bond donors (Lipinski definition) is 2. The van der Waals surface area contributed by atoms with E-state index in [9.17, 15) is 14.0 Å². The number of nitrogens with zero attached hydrogens (tertiary/aromatic N) is 3. The van der Waals surface area contributed by atoms with Crippen LogP contribution < -0.4 is 15.8 Å². The van der Waals surface area contributed by atoms with Gasteiger partial charge >= 0.3 is 0 Å². The number of aromatic nitrogens is 2. The predicted octanol–water partition coefficient (Wildman–Crippen LogP) is 4.69. The van der Waals surface area contributed by atoms with Crippen molar-refractivity contribution < 1.29 is 18.7 Å². The molecule has 1 aromatic heterocycles. The first-order valence-corrected chi connectivity index (χ1v) is 12.7. The van der Waals surface area contributed by atoms with Crippen LogP contribution in [0.4, 0.5) is 10.2 Å². The fourth-order valence-corrected chi connectivity index (χ4v) is 4.89. The maximum absolute atomic E-state index is 13.3. The van der Waals surface area contributed by atoms with Crippen LogP contribution in [0, 0.1) is 5.82 Å². The number of Topliss-reactive ketones (excluding diaryl/α,β-unsaturated/α-hetero) is 1. The summed E-state index contributed by atoms with van der Waals surface area (Å²) < 4.78 is 19.3. The van der Waals surface area contributed by atoms with Crippen LogP contribution in [-0.4, -0.2) is 45.7 Å². The molecule has 1 aliphatic carbocycles. The lowest BCUT2D eigenvalue weighted by Gasteiger charge is -2.27. The molecule has 0 bridgehead atoms. The molecule has 2 heterocycles. The lowest BCUT2D eigenvalue weighted by atomic mass is 10.0. The normalized spacial score (nSPS) is 18.1. The number of hydrogen-bond acceptors (Lipinski definition) is 7. The zero-order valence-corrected chi connectivity index (χ0v) is 20.6. The minimum atomic E-state index is -0.668. The Balaban J connectivity index is 1.51. The lowest BCUT2D eigenvalue weighted by molar-refractivity contribution is -0.118. The fraction of sp³-hybridized carbons (Fsp3) is 0.357. The number of anilines is 1. The average Bonchev–Trinajstić information content (AvgIpc) is 3.30. The number of ketones is 1. The minimum absolute atomic E-state index is 0.0773. The maximum Gasteiger partial charge on any atom is 0.267 e. The van der Waals surface area contributed by atoms with Gasteiger partial charge in [-0.3, -0.25) is 14.5 Å². The number of carbonyl (C=O) groups is 2. The number of likely N-dealkylation sites (tertiary alicyclic amines) is 1. The zero-order valence-electron chi connectivity index (χ0n) is 20.6. The smallest absolute Gasteiger partial charge is 0.267 e. The van der Waals surface area contributed by atoms with Crippen molar-refractivity contribution in [1.29, 1.82) is 0 Å². The molecule has 3 aromatic rings. The minimum Gasteiger partial charge on any atom is -0.457 e. The van der Waals surface area contributed by atoms with Crippen molar-refractivity contribution in [3.8, 4) is 22.9 Å². The van der Waals surface area contributed by atoms with Crippen molar-refractivity contribution in [3.63, 3.8) is 0 Å². The van der Waals surface area contributed by atoms with Crippen molar-refractivity contribution in [1.82, 2.24) is 14.9 Å². The second kappa shape index (κ2) is 11.0. The van der Waals surface area contributed by atoms with E-state index in [0.717, 1.165) is 49.9 Å². The Kier molecular flexibility index (Phi) is 7.41. The number of halogens is 1. The molecule has 1 atom stereocenters. The van der Waals surface area contributed by atoms with Crippen LogP contribution in [0.2, 0.25) is 0 Å². The summed E-state index contributed by atoms with van der Waals surface area (Å²) in [7, 11) is 0. The molecule has 1 saturated heterocycles. The topological polar surface area (TPSA) is 110 Å². The third-order valence-corrected chi connectivity index (χ3v) is 6.81. The fourth-order valence-electron chi connectivity index (χ4n) is 4.89. The SMILES string of the molecule is NC(=O)c1cc(N[C@H]2CCCC2=O)nc(-c2ccc(Oc3ccc(F)cc3)cc2CN2CCCCC2)n1. The monoisotopic (exact) mass is 503 g/mol. The summed E-state index contributed by atoms with van der Waals surface area (Å²) >= 11 is 0. The van der Waals surface area contributed by atoms with Crippen LogP contribution in [0.15, 0.2) is 48.5 Å². The number of ether oxygens (including phenoxy) is 1. The Hall–Kier alpha value is -3.85. The maximum atomic E-state index is 13.3. The van der Waals surface area contributed by atoms with Crippen molar-refractivity contribution in [3.05, 3.63) is 65.6 Å². The Morgan fingerprint density at radius 3 is 2.49 bits per heavy atom. The van der Waals surface area contributed by atoms with E-state index in [4.69, 9.17) is 10.5 Å². The number of benzene rings is 2.